The molecule has 0 fully saturated rings. The van der Waals surface area contributed by atoms with Gasteiger partial charge in [0.05, 0.1) is 6.20 Å². The third kappa shape index (κ3) is 7.05. The Bertz CT molecular complexity index is 648. The number of aromatic nitrogens is 2. The minimum absolute atomic E-state index is 0. The van der Waals surface area contributed by atoms with E-state index in [1.807, 2.05) is 25.0 Å². The molecule has 1 aromatic carbocycles. The molecule has 0 aliphatic rings. The lowest BCUT2D eigenvalue weighted by molar-refractivity contribution is 0.476. The molecule has 6 heteroatoms. The van der Waals surface area contributed by atoms with Crippen LogP contribution in [-0.2, 0) is 26.4 Å². The summed E-state index contributed by atoms with van der Waals surface area (Å²) in [5.41, 5.74) is 3.95. The second kappa shape index (κ2) is 11.1. The number of benzene rings is 1. The highest BCUT2D eigenvalue weighted by molar-refractivity contribution is 14.0. The molecule has 2 aromatic rings. The molecule has 0 saturated carbocycles. The van der Waals surface area contributed by atoms with E-state index in [1.165, 1.54) is 16.7 Å². The van der Waals surface area contributed by atoms with Gasteiger partial charge in [-0.05, 0) is 36.0 Å². The van der Waals surface area contributed by atoms with Crippen molar-refractivity contribution < 1.29 is 0 Å². The number of nitrogens with zero attached hydrogens (tertiary/aromatic N) is 4. The Morgan fingerprint density at radius 2 is 1.88 bits per heavy atom. The first-order valence-electron chi connectivity index (χ1n) is 8.59. The van der Waals surface area contributed by atoms with Crippen LogP contribution in [0.1, 0.15) is 30.0 Å². The minimum Gasteiger partial charge on any atom is -0.356 e. The molecule has 0 amide bonds. The molecule has 0 radical (unpaired) electrons. The molecular formula is C19H30IN5. The van der Waals surface area contributed by atoms with Gasteiger partial charge >= 0.3 is 0 Å². The summed E-state index contributed by atoms with van der Waals surface area (Å²) in [6, 6.07) is 8.80. The van der Waals surface area contributed by atoms with Crippen molar-refractivity contribution in [1.82, 2.24) is 20.0 Å². The smallest absolute Gasteiger partial charge is 0.193 e. The summed E-state index contributed by atoms with van der Waals surface area (Å²) in [6.07, 6.45) is 7.17. The molecule has 1 aromatic heterocycles. The van der Waals surface area contributed by atoms with Crippen LogP contribution in [-0.4, -0.2) is 41.3 Å². The van der Waals surface area contributed by atoms with Gasteiger partial charge in [-0.2, -0.15) is 5.10 Å². The summed E-state index contributed by atoms with van der Waals surface area (Å²) < 4.78 is 1.85. The summed E-state index contributed by atoms with van der Waals surface area (Å²) in [5, 5.41) is 7.64. The Morgan fingerprint density at radius 3 is 2.44 bits per heavy atom. The fourth-order valence-electron chi connectivity index (χ4n) is 2.71. The summed E-state index contributed by atoms with van der Waals surface area (Å²) in [7, 11) is 5.86. The first-order valence-corrected chi connectivity index (χ1v) is 8.59. The number of hydrogen-bond donors (Lipinski definition) is 1. The van der Waals surface area contributed by atoms with Crippen molar-refractivity contribution in [2.45, 2.75) is 32.7 Å². The first-order chi connectivity index (χ1) is 11.6. The lowest BCUT2D eigenvalue weighted by atomic mass is 10.1. The molecule has 2 rings (SSSR count). The molecule has 0 atom stereocenters. The normalized spacial score (nSPS) is 11.1. The number of halogens is 1. The molecule has 1 heterocycles. The van der Waals surface area contributed by atoms with Crippen LogP contribution in [0.5, 0.6) is 0 Å². The molecule has 25 heavy (non-hydrogen) atoms. The fourth-order valence-corrected chi connectivity index (χ4v) is 2.71. The average molecular weight is 455 g/mol. The SMILES string of the molecule is CCc1ccc(CN(C)C(=NC)NCCCc2cnn(C)c2)cc1.I. The number of nitrogens with one attached hydrogen (secondary N) is 1. The van der Waals surface area contributed by atoms with Gasteiger partial charge in [-0.1, -0.05) is 31.2 Å². The van der Waals surface area contributed by atoms with Crippen molar-refractivity contribution in [3.63, 3.8) is 0 Å². The van der Waals surface area contributed by atoms with Crippen LogP contribution >= 0.6 is 24.0 Å². The monoisotopic (exact) mass is 455 g/mol. The van der Waals surface area contributed by atoms with E-state index in [2.05, 4.69) is 64.7 Å². The molecular weight excluding hydrogens is 425 g/mol. The Balaban J connectivity index is 0.00000312. The van der Waals surface area contributed by atoms with Gasteiger partial charge in [0.2, 0.25) is 0 Å². The number of hydrogen-bond acceptors (Lipinski definition) is 2. The van der Waals surface area contributed by atoms with Gasteiger partial charge in [0.15, 0.2) is 5.96 Å². The molecule has 1 N–H and O–H groups in total. The molecule has 0 bridgehead atoms. The molecule has 0 spiro atoms. The summed E-state index contributed by atoms with van der Waals surface area (Å²) >= 11 is 0. The van der Waals surface area contributed by atoms with E-state index in [1.54, 1.807) is 0 Å². The van der Waals surface area contributed by atoms with Crippen LogP contribution in [0.4, 0.5) is 0 Å². The predicted molar refractivity (Wildman–Crippen MR) is 116 cm³/mol. The second-order valence-corrected chi connectivity index (χ2v) is 6.13. The lowest BCUT2D eigenvalue weighted by Crippen LogP contribution is -2.39. The van der Waals surface area contributed by atoms with E-state index in [9.17, 15) is 0 Å². The molecule has 0 saturated heterocycles. The van der Waals surface area contributed by atoms with Crippen molar-refractivity contribution in [3.05, 3.63) is 53.3 Å². The zero-order valence-corrected chi connectivity index (χ0v) is 18.0. The van der Waals surface area contributed by atoms with Crippen LogP contribution in [0.25, 0.3) is 0 Å². The largest absolute Gasteiger partial charge is 0.356 e. The summed E-state index contributed by atoms with van der Waals surface area (Å²) in [6.45, 7) is 3.94. The third-order valence-electron chi connectivity index (χ3n) is 4.11. The molecule has 0 aliphatic heterocycles. The topological polar surface area (TPSA) is 45.4 Å². The van der Waals surface area contributed by atoms with E-state index < -0.39 is 0 Å². The highest BCUT2D eigenvalue weighted by Crippen LogP contribution is 2.07. The van der Waals surface area contributed by atoms with E-state index in [0.29, 0.717) is 0 Å². The van der Waals surface area contributed by atoms with Crippen LogP contribution in [0.3, 0.4) is 0 Å². The van der Waals surface area contributed by atoms with Gasteiger partial charge in [0, 0.05) is 40.4 Å². The van der Waals surface area contributed by atoms with Gasteiger partial charge in [-0.3, -0.25) is 9.67 Å². The average Bonchev–Trinajstić information content (AvgIpc) is 3.01. The van der Waals surface area contributed by atoms with E-state index >= 15 is 0 Å². The minimum atomic E-state index is 0. The number of rotatable bonds is 7. The third-order valence-corrected chi connectivity index (χ3v) is 4.11. The zero-order chi connectivity index (χ0) is 17.4. The van der Waals surface area contributed by atoms with Gasteiger partial charge in [0.1, 0.15) is 0 Å². The van der Waals surface area contributed by atoms with Crippen molar-refractivity contribution in [2.75, 3.05) is 20.6 Å². The predicted octanol–water partition coefficient (Wildman–Crippen LogP) is 3.24. The van der Waals surface area contributed by atoms with Crippen molar-refractivity contribution in [3.8, 4) is 0 Å². The van der Waals surface area contributed by atoms with E-state index in [-0.39, 0.29) is 24.0 Å². The molecule has 138 valence electrons. The Kier molecular flexibility index (Phi) is 9.55. The Labute approximate surface area is 168 Å². The van der Waals surface area contributed by atoms with E-state index in [4.69, 9.17) is 0 Å². The van der Waals surface area contributed by atoms with Gasteiger partial charge in [0.25, 0.3) is 0 Å². The van der Waals surface area contributed by atoms with E-state index in [0.717, 1.165) is 38.3 Å². The second-order valence-electron chi connectivity index (χ2n) is 6.13. The maximum atomic E-state index is 4.38. The van der Waals surface area contributed by atoms with Crippen LogP contribution in [0, 0.1) is 0 Å². The Morgan fingerprint density at radius 1 is 1.20 bits per heavy atom. The molecule has 5 nitrogen and oxygen atoms in total. The zero-order valence-electron chi connectivity index (χ0n) is 15.7. The number of aliphatic imine (C=N–C) groups is 1. The number of aryl methyl sites for hydroxylation is 3. The van der Waals surface area contributed by atoms with Crippen LogP contribution < -0.4 is 5.32 Å². The van der Waals surface area contributed by atoms with Gasteiger partial charge in [-0.15, -0.1) is 24.0 Å². The molecule has 0 unspecified atom stereocenters. The van der Waals surface area contributed by atoms with Crippen LogP contribution in [0.2, 0.25) is 0 Å². The Hall–Kier alpha value is -1.57. The first kappa shape index (κ1) is 21.5. The van der Waals surface area contributed by atoms with Gasteiger partial charge < -0.3 is 10.2 Å². The van der Waals surface area contributed by atoms with Crippen molar-refractivity contribution in [2.24, 2.45) is 12.0 Å². The standard InChI is InChI=1S/C19H29N5.HI/c1-5-16-8-10-17(11-9-16)14-23(3)19(20-2)21-12-6-7-18-13-22-24(4)15-18;/h8-11,13,15H,5-7,12,14H2,1-4H3,(H,20,21);1H. The number of guanidine groups is 1. The maximum Gasteiger partial charge on any atom is 0.193 e. The lowest BCUT2D eigenvalue weighted by Gasteiger charge is -2.22. The fraction of sp³-hybridized carbons (Fsp3) is 0.474. The summed E-state index contributed by atoms with van der Waals surface area (Å²) in [4.78, 5) is 6.54. The quantitative estimate of drug-likeness (QED) is 0.302. The van der Waals surface area contributed by atoms with Crippen LogP contribution in [0.15, 0.2) is 41.7 Å². The maximum absolute atomic E-state index is 4.38. The van der Waals surface area contributed by atoms with Crippen molar-refractivity contribution >= 4 is 29.9 Å². The highest BCUT2D eigenvalue weighted by Gasteiger charge is 2.06. The summed E-state index contributed by atoms with van der Waals surface area (Å²) in [5.74, 6) is 0.931. The van der Waals surface area contributed by atoms with Crippen molar-refractivity contribution in [1.29, 1.82) is 0 Å². The highest BCUT2D eigenvalue weighted by atomic mass is 127. The molecule has 0 aliphatic carbocycles. The van der Waals surface area contributed by atoms with Gasteiger partial charge in [-0.25, -0.2) is 0 Å².